The molecule has 0 amide bonds. The van der Waals surface area contributed by atoms with Crippen LogP contribution in [-0.2, 0) is 5.66 Å². The fourth-order valence-corrected chi connectivity index (χ4v) is 3.90. The lowest BCUT2D eigenvalue weighted by Crippen LogP contribution is -2.47. The molecule has 0 fully saturated rings. The summed E-state index contributed by atoms with van der Waals surface area (Å²) in [6, 6.07) is 25.2. The molecule has 0 aromatic heterocycles. The van der Waals surface area contributed by atoms with Crippen LogP contribution in [0.3, 0.4) is 0 Å². The minimum absolute atomic E-state index is 0.124. The first kappa shape index (κ1) is 21.6. The number of unbranched alkanes of at least 4 members (excludes halogenated alkanes) is 3. The van der Waals surface area contributed by atoms with Gasteiger partial charge in [-0.05, 0) is 18.6 Å². The minimum atomic E-state index is -1.00. The summed E-state index contributed by atoms with van der Waals surface area (Å²) in [6.45, 7) is 2.83. The molecule has 0 aliphatic carbocycles. The van der Waals surface area contributed by atoms with Crippen molar-refractivity contribution in [1.29, 1.82) is 0 Å². The Morgan fingerprint density at radius 3 is 2.38 bits per heavy atom. The van der Waals surface area contributed by atoms with Crippen LogP contribution >= 0.6 is 0 Å². The first-order valence-corrected chi connectivity index (χ1v) is 11.2. The van der Waals surface area contributed by atoms with E-state index >= 15 is 0 Å². The molecular formula is C27H29N3O2. The number of ether oxygens (including phenoxy) is 1. The van der Waals surface area contributed by atoms with Crippen molar-refractivity contribution in [3.05, 3.63) is 95.6 Å². The predicted octanol–water partition coefficient (Wildman–Crippen LogP) is 5.63. The van der Waals surface area contributed by atoms with Crippen molar-refractivity contribution in [3.8, 4) is 11.5 Å². The molecule has 1 aliphatic rings. The molecule has 4 rings (SSSR count). The number of hydrogen-bond acceptors (Lipinski definition) is 5. The molecule has 0 radical (unpaired) electrons. The molecule has 0 saturated carbocycles. The van der Waals surface area contributed by atoms with Crippen LogP contribution < -0.4 is 10.1 Å². The molecule has 0 bridgehead atoms. The fraction of sp³-hybridized carbons (Fsp3) is 0.259. The summed E-state index contributed by atoms with van der Waals surface area (Å²) in [5.74, 6) is 1.47. The van der Waals surface area contributed by atoms with Gasteiger partial charge in [-0.2, -0.15) is 0 Å². The molecule has 3 aromatic rings. The Morgan fingerprint density at radius 1 is 0.906 bits per heavy atom. The Bertz CT molecular complexity index is 1080. The molecule has 1 atom stereocenters. The Hall–Kier alpha value is -3.60. The largest absolute Gasteiger partial charge is 0.507 e. The molecule has 0 spiro atoms. The van der Waals surface area contributed by atoms with E-state index in [0.29, 0.717) is 23.8 Å². The van der Waals surface area contributed by atoms with E-state index < -0.39 is 5.66 Å². The Balaban J connectivity index is 1.65. The first-order valence-electron chi connectivity index (χ1n) is 11.2. The number of hydrogen-bond donors (Lipinski definition) is 2. The van der Waals surface area contributed by atoms with Gasteiger partial charge >= 0.3 is 0 Å². The van der Waals surface area contributed by atoms with E-state index in [1.165, 1.54) is 12.8 Å². The van der Waals surface area contributed by atoms with Crippen molar-refractivity contribution in [1.82, 2.24) is 5.32 Å². The highest BCUT2D eigenvalue weighted by molar-refractivity contribution is 6.04. The van der Waals surface area contributed by atoms with Crippen molar-refractivity contribution in [2.45, 2.75) is 38.3 Å². The second-order valence-electron chi connectivity index (χ2n) is 7.88. The Kier molecular flexibility index (Phi) is 6.85. The summed E-state index contributed by atoms with van der Waals surface area (Å²) < 4.78 is 5.86. The lowest BCUT2D eigenvalue weighted by Gasteiger charge is -2.35. The van der Waals surface area contributed by atoms with Crippen LogP contribution in [0, 0.1) is 0 Å². The van der Waals surface area contributed by atoms with E-state index in [9.17, 15) is 5.11 Å². The number of aromatic hydroxyl groups is 1. The van der Waals surface area contributed by atoms with Crippen molar-refractivity contribution in [2.75, 3.05) is 6.61 Å². The smallest absolute Gasteiger partial charge is 0.188 e. The number of rotatable bonds is 9. The van der Waals surface area contributed by atoms with Crippen molar-refractivity contribution < 1.29 is 9.84 Å². The summed E-state index contributed by atoms with van der Waals surface area (Å²) >= 11 is 0. The predicted molar refractivity (Wildman–Crippen MR) is 130 cm³/mol. The zero-order valence-electron chi connectivity index (χ0n) is 18.4. The van der Waals surface area contributed by atoms with Gasteiger partial charge in [-0.1, -0.05) is 86.8 Å². The molecule has 5 heteroatoms. The number of benzene rings is 3. The highest BCUT2D eigenvalue weighted by atomic mass is 16.5. The topological polar surface area (TPSA) is 66.2 Å². The van der Waals surface area contributed by atoms with E-state index in [2.05, 4.69) is 17.2 Å². The highest BCUT2D eigenvalue weighted by Crippen LogP contribution is 2.39. The molecule has 3 aromatic carbocycles. The lowest BCUT2D eigenvalue weighted by atomic mass is 9.89. The SMILES string of the molecule is CCCCCCOc1ccc(C2(c3ccccc3)N=CN=C(c3ccccc3)N2)c(O)c1. The minimum Gasteiger partial charge on any atom is -0.507 e. The van der Waals surface area contributed by atoms with Gasteiger partial charge in [0.15, 0.2) is 5.66 Å². The van der Waals surface area contributed by atoms with Gasteiger partial charge in [-0.25, -0.2) is 9.98 Å². The Morgan fingerprint density at radius 2 is 1.66 bits per heavy atom. The van der Waals surface area contributed by atoms with Crippen LogP contribution in [0.5, 0.6) is 11.5 Å². The number of aliphatic imine (C=N–C) groups is 2. The standard InChI is InChI=1S/C27H29N3O2/c1-2-3-4-11-18-32-23-16-17-24(25(31)19-23)27(22-14-9-6-10-15-22)29-20-28-26(30-27)21-12-7-5-8-13-21/h5-10,12-17,19-20,31H,2-4,11,18H2,1H3,(H,28,29,30). The molecule has 2 N–H and O–H groups in total. The van der Waals surface area contributed by atoms with E-state index in [1.54, 1.807) is 12.4 Å². The van der Waals surface area contributed by atoms with E-state index in [1.807, 2.05) is 72.8 Å². The zero-order valence-corrected chi connectivity index (χ0v) is 18.4. The van der Waals surface area contributed by atoms with Crippen molar-refractivity contribution in [3.63, 3.8) is 0 Å². The molecule has 164 valence electrons. The van der Waals surface area contributed by atoms with Gasteiger partial charge in [0, 0.05) is 22.8 Å². The van der Waals surface area contributed by atoms with Gasteiger partial charge in [-0.15, -0.1) is 0 Å². The maximum Gasteiger partial charge on any atom is 0.188 e. The quantitative estimate of drug-likeness (QED) is 0.435. The summed E-state index contributed by atoms with van der Waals surface area (Å²) in [4.78, 5) is 9.20. The average Bonchev–Trinajstić information content (AvgIpc) is 2.85. The second-order valence-corrected chi connectivity index (χ2v) is 7.88. The van der Waals surface area contributed by atoms with Crippen LogP contribution in [0.25, 0.3) is 0 Å². The van der Waals surface area contributed by atoms with Gasteiger partial charge in [0.2, 0.25) is 0 Å². The molecule has 1 aliphatic heterocycles. The van der Waals surface area contributed by atoms with Gasteiger partial charge in [0.05, 0.1) is 6.61 Å². The van der Waals surface area contributed by atoms with Crippen molar-refractivity contribution in [2.24, 2.45) is 9.98 Å². The normalized spacial score (nSPS) is 17.5. The van der Waals surface area contributed by atoms with E-state index in [-0.39, 0.29) is 5.75 Å². The maximum atomic E-state index is 11.0. The number of nitrogens with zero attached hydrogens (tertiary/aromatic N) is 2. The van der Waals surface area contributed by atoms with Crippen LogP contribution in [0.4, 0.5) is 0 Å². The summed E-state index contributed by atoms with van der Waals surface area (Å²) in [5.41, 5.74) is 1.49. The molecule has 1 unspecified atom stereocenters. The molecule has 0 saturated heterocycles. The van der Waals surface area contributed by atoms with Crippen LogP contribution in [0.1, 0.15) is 49.3 Å². The zero-order chi connectivity index (χ0) is 22.2. The monoisotopic (exact) mass is 427 g/mol. The molecule has 32 heavy (non-hydrogen) atoms. The lowest BCUT2D eigenvalue weighted by molar-refractivity contribution is 0.302. The first-order chi connectivity index (χ1) is 15.7. The maximum absolute atomic E-state index is 11.0. The van der Waals surface area contributed by atoms with Gasteiger partial charge < -0.3 is 15.2 Å². The summed E-state index contributed by atoms with van der Waals surface area (Å²) in [6.07, 6.45) is 6.12. The summed E-state index contributed by atoms with van der Waals surface area (Å²) in [7, 11) is 0. The molecular weight excluding hydrogens is 398 g/mol. The summed E-state index contributed by atoms with van der Waals surface area (Å²) in [5, 5.41) is 14.5. The molecule has 1 heterocycles. The number of nitrogens with one attached hydrogen (secondary N) is 1. The van der Waals surface area contributed by atoms with Crippen LogP contribution in [0.15, 0.2) is 88.8 Å². The second kappa shape index (κ2) is 10.1. The third-order valence-corrected chi connectivity index (χ3v) is 5.60. The van der Waals surface area contributed by atoms with Gasteiger partial charge in [-0.3, -0.25) is 0 Å². The molecule has 5 nitrogen and oxygen atoms in total. The van der Waals surface area contributed by atoms with Crippen LogP contribution in [0.2, 0.25) is 0 Å². The van der Waals surface area contributed by atoms with Gasteiger partial charge in [0.1, 0.15) is 23.7 Å². The Labute approximate surface area is 189 Å². The van der Waals surface area contributed by atoms with E-state index in [4.69, 9.17) is 9.73 Å². The third-order valence-electron chi connectivity index (χ3n) is 5.60. The van der Waals surface area contributed by atoms with E-state index in [0.717, 1.165) is 24.0 Å². The fourth-order valence-electron chi connectivity index (χ4n) is 3.90. The average molecular weight is 428 g/mol. The third kappa shape index (κ3) is 4.67. The van der Waals surface area contributed by atoms with Crippen molar-refractivity contribution >= 4 is 12.2 Å². The van der Waals surface area contributed by atoms with Crippen LogP contribution in [-0.4, -0.2) is 23.9 Å². The van der Waals surface area contributed by atoms with Gasteiger partial charge in [0.25, 0.3) is 0 Å². The number of amidine groups is 1. The highest BCUT2D eigenvalue weighted by Gasteiger charge is 2.38. The number of phenols is 1. The number of phenolic OH excluding ortho intramolecular Hbond substituents is 1.